The second-order valence-electron chi connectivity index (χ2n) is 14.4. The summed E-state index contributed by atoms with van der Waals surface area (Å²) in [6.07, 6.45) is 12.0. The molecule has 1 aromatic carbocycles. The average molecular weight is 793 g/mol. The number of amides is 2. The number of hydrogen-bond donors (Lipinski definition) is 3. The number of halogens is 3. The lowest BCUT2D eigenvalue weighted by Gasteiger charge is -2.44. The maximum atomic E-state index is 15.0. The molecule has 314 valence electrons. The van der Waals surface area contributed by atoms with Gasteiger partial charge in [-0.1, -0.05) is 100 Å². The van der Waals surface area contributed by atoms with Gasteiger partial charge < -0.3 is 25.4 Å². The first-order valence-electron chi connectivity index (χ1n) is 20.1. The number of urea groups is 1. The van der Waals surface area contributed by atoms with Crippen molar-refractivity contribution in [3.05, 3.63) is 143 Å². The Labute approximate surface area is 340 Å². The van der Waals surface area contributed by atoms with Gasteiger partial charge in [-0.2, -0.15) is 0 Å². The molecule has 0 spiro atoms. The molecule has 1 heterocycles. The number of hydrogen-bond acceptors (Lipinski definition) is 5. The molecule has 10 heteroatoms. The number of nitrogens with one attached hydrogen (secondary N) is 2. The number of rotatable bonds is 17. The third-order valence-corrected chi connectivity index (χ3v) is 10.3. The fraction of sp³-hybridized carbons (Fsp3) is 0.468. The van der Waals surface area contributed by atoms with Gasteiger partial charge in [0, 0.05) is 55.1 Å². The lowest BCUT2D eigenvalue weighted by atomic mass is 9.84. The molecule has 2 aliphatic carbocycles. The highest BCUT2D eigenvalue weighted by atomic mass is 19.3. The van der Waals surface area contributed by atoms with Crippen LogP contribution in [-0.4, -0.2) is 79.4 Å². The number of allylic oxidation sites excluding steroid dienone is 9. The maximum absolute atomic E-state index is 15.0. The van der Waals surface area contributed by atoms with E-state index in [1.165, 1.54) is 29.4 Å². The molecule has 1 aromatic rings. The average Bonchev–Trinajstić information content (AvgIpc) is 3.66. The summed E-state index contributed by atoms with van der Waals surface area (Å²) in [5, 5.41) is 17.3. The van der Waals surface area contributed by atoms with Crippen molar-refractivity contribution in [3.63, 3.8) is 0 Å². The minimum Gasteiger partial charge on any atom is -0.508 e. The molecule has 3 N–H and O–H groups in total. The van der Waals surface area contributed by atoms with Gasteiger partial charge in [0.25, 0.3) is 6.43 Å². The Bertz CT molecular complexity index is 1680. The van der Waals surface area contributed by atoms with E-state index in [2.05, 4.69) is 68.5 Å². The monoisotopic (exact) mass is 793 g/mol. The van der Waals surface area contributed by atoms with Gasteiger partial charge in [0.15, 0.2) is 0 Å². The number of carbonyl (C=O) groups is 1. The van der Waals surface area contributed by atoms with Crippen LogP contribution in [0.25, 0.3) is 0 Å². The highest BCUT2D eigenvalue weighted by Gasteiger charge is 2.40. The van der Waals surface area contributed by atoms with Crippen molar-refractivity contribution in [1.29, 1.82) is 0 Å². The Morgan fingerprint density at radius 2 is 1.74 bits per heavy atom. The van der Waals surface area contributed by atoms with E-state index in [1.807, 2.05) is 51.7 Å². The third kappa shape index (κ3) is 14.3. The third-order valence-electron chi connectivity index (χ3n) is 10.3. The molecule has 7 nitrogen and oxygen atoms in total. The molecule has 1 saturated heterocycles. The lowest BCUT2D eigenvalue weighted by molar-refractivity contribution is 0.124. The summed E-state index contributed by atoms with van der Waals surface area (Å²) in [5.74, 6) is -0.375. The van der Waals surface area contributed by atoms with E-state index in [9.17, 15) is 23.1 Å². The molecule has 0 bridgehead atoms. The van der Waals surface area contributed by atoms with Crippen LogP contribution < -0.4 is 10.6 Å². The molecule has 3 unspecified atom stereocenters. The van der Waals surface area contributed by atoms with Gasteiger partial charge in [-0.05, 0) is 88.3 Å². The van der Waals surface area contributed by atoms with E-state index >= 15 is 0 Å². The van der Waals surface area contributed by atoms with Gasteiger partial charge in [0.05, 0.1) is 25.7 Å². The summed E-state index contributed by atoms with van der Waals surface area (Å²) < 4.78 is 43.2. The fourth-order valence-electron chi connectivity index (χ4n) is 7.15. The van der Waals surface area contributed by atoms with Crippen LogP contribution in [0.1, 0.15) is 84.3 Å². The first-order valence-corrected chi connectivity index (χ1v) is 20.1. The van der Waals surface area contributed by atoms with Crippen molar-refractivity contribution in [2.24, 2.45) is 5.92 Å². The predicted molar refractivity (Wildman–Crippen MR) is 231 cm³/mol. The zero-order valence-electron chi connectivity index (χ0n) is 35.5. The second kappa shape index (κ2) is 24.8. The zero-order valence-corrected chi connectivity index (χ0v) is 35.5. The summed E-state index contributed by atoms with van der Waals surface area (Å²) >= 11 is 0. The van der Waals surface area contributed by atoms with Gasteiger partial charge in [0.2, 0.25) is 0 Å². The number of aliphatic hydroxyl groups is 1. The molecule has 57 heavy (non-hydrogen) atoms. The normalized spacial score (nSPS) is 18.3. The molecule has 0 radical (unpaired) electrons. The SMILES string of the molecule is C=C/C(O)=C\C=C(/C)C(C(C)c1ccc(C)cc1)N(C(=C)C1CC=C(C(F)F)C=C1OCC)C(=O)N1CCC(NCC(=C)NCC2=CC=C(C)C2)CC1.CC.CF. The minimum absolute atomic E-state index is 0.00325. The molecule has 1 aliphatic heterocycles. The number of aryl methyl sites for hydroxylation is 1. The van der Waals surface area contributed by atoms with Crippen molar-refractivity contribution in [3.8, 4) is 0 Å². The fourth-order valence-corrected chi connectivity index (χ4v) is 7.15. The number of aliphatic hydroxyl groups excluding tert-OH is 1. The summed E-state index contributed by atoms with van der Waals surface area (Å²) in [4.78, 5) is 18.6. The van der Waals surface area contributed by atoms with Crippen molar-refractivity contribution in [1.82, 2.24) is 20.4 Å². The Balaban J connectivity index is 0.00000271. The number of carbonyl (C=O) groups excluding carboxylic acids is 1. The molecular formula is C47H67F3N4O3. The van der Waals surface area contributed by atoms with E-state index in [0.717, 1.165) is 48.2 Å². The zero-order chi connectivity index (χ0) is 42.7. The van der Waals surface area contributed by atoms with Crippen LogP contribution in [0.2, 0.25) is 0 Å². The van der Waals surface area contributed by atoms with Crippen LogP contribution in [-0.2, 0) is 4.74 Å². The predicted octanol–water partition coefficient (Wildman–Crippen LogP) is 11.2. The number of likely N-dealkylation sites (tertiary alicyclic amines) is 1. The first kappa shape index (κ1) is 48.4. The highest BCUT2D eigenvalue weighted by molar-refractivity contribution is 5.78. The molecule has 2 amide bonds. The molecule has 0 saturated carbocycles. The molecule has 0 aromatic heterocycles. The molecule has 3 atom stereocenters. The van der Waals surface area contributed by atoms with Gasteiger partial charge >= 0.3 is 6.03 Å². The summed E-state index contributed by atoms with van der Waals surface area (Å²) in [7, 11) is 0.500. The van der Waals surface area contributed by atoms with E-state index in [1.54, 1.807) is 17.1 Å². The van der Waals surface area contributed by atoms with Crippen molar-refractivity contribution >= 4 is 6.03 Å². The maximum Gasteiger partial charge on any atom is 0.324 e. The minimum atomic E-state index is -2.64. The Hall–Kier alpha value is -4.70. The largest absolute Gasteiger partial charge is 0.508 e. The first-order chi connectivity index (χ1) is 27.3. The topological polar surface area (TPSA) is 77.1 Å². The van der Waals surface area contributed by atoms with Gasteiger partial charge in [-0.15, -0.1) is 0 Å². The number of piperidine rings is 1. The van der Waals surface area contributed by atoms with E-state index in [4.69, 9.17) is 4.74 Å². The number of alkyl halides is 3. The number of ether oxygens (including phenoxy) is 1. The van der Waals surface area contributed by atoms with Crippen LogP contribution in [0.15, 0.2) is 132 Å². The van der Waals surface area contributed by atoms with Crippen LogP contribution in [0.3, 0.4) is 0 Å². The van der Waals surface area contributed by atoms with E-state index < -0.39 is 18.4 Å². The number of nitrogens with zero attached hydrogens (tertiary/aromatic N) is 2. The van der Waals surface area contributed by atoms with Crippen molar-refractivity contribution in [2.75, 3.05) is 40.0 Å². The standard InChI is InChI=1S/C44H58F2N4O3.C2H6.CH3F/c1-9-39(51)19-14-31(5)42(33(7)36-16-12-29(3)13-17-36)50(34(8)40-20-18-37(43(45)46)26-41(40)53-10-2)44(52)49-23-21-38(22-24-49)48-27-32(6)47-28-35-15-11-30(4)25-35;2*1-2/h9,11-19,26,33,38,40,42-43,47-48,51H,1,6,8,10,20-25,27-28H2,2-5,7H3;1-2H3;1H3/b31-14+,39-19+;;. The van der Waals surface area contributed by atoms with Gasteiger partial charge in [-0.3, -0.25) is 9.29 Å². The quantitative estimate of drug-likeness (QED) is 0.108. The van der Waals surface area contributed by atoms with Gasteiger partial charge in [0.1, 0.15) is 11.5 Å². The highest BCUT2D eigenvalue weighted by Crippen LogP contribution is 2.39. The summed E-state index contributed by atoms with van der Waals surface area (Å²) in [5.41, 5.74) is 6.95. The summed E-state index contributed by atoms with van der Waals surface area (Å²) in [6.45, 7) is 29.1. The lowest BCUT2D eigenvalue weighted by Crippen LogP contribution is -2.54. The van der Waals surface area contributed by atoms with Gasteiger partial charge in [-0.25, -0.2) is 13.6 Å². The molecule has 4 rings (SSSR count). The smallest absolute Gasteiger partial charge is 0.324 e. The Morgan fingerprint density at radius 1 is 1.09 bits per heavy atom. The molecular weight excluding hydrogens is 726 g/mol. The van der Waals surface area contributed by atoms with Crippen molar-refractivity contribution < 1.29 is 27.8 Å². The van der Waals surface area contributed by atoms with Crippen LogP contribution in [0, 0.1) is 12.8 Å². The number of benzene rings is 1. The van der Waals surface area contributed by atoms with Crippen LogP contribution >= 0.6 is 0 Å². The Morgan fingerprint density at radius 3 is 2.30 bits per heavy atom. The summed E-state index contributed by atoms with van der Waals surface area (Å²) in [6, 6.07) is 7.70. The molecule has 1 fully saturated rings. The van der Waals surface area contributed by atoms with E-state index in [-0.39, 0.29) is 42.4 Å². The van der Waals surface area contributed by atoms with Crippen LogP contribution in [0.5, 0.6) is 0 Å². The van der Waals surface area contributed by atoms with E-state index in [0.29, 0.717) is 38.3 Å². The Kier molecular flexibility index (Phi) is 21.1. The second-order valence-corrected chi connectivity index (χ2v) is 14.4. The van der Waals surface area contributed by atoms with Crippen molar-refractivity contribution in [2.45, 2.75) is 98.6 Å². The molecule has 3 aliphatic rings. The van der Waals surface area contributed by atoms with Crippen LogP contribution in [0.4, 0.5) is 18.0 Å².